The Kier molecular flexibility index (Phi) is 4.20. The van der Waals surface area contributed by atoms with Gasteiger partial charge in [-0.2, -0.15) is 9.78 Å². The number of benzene rings is 1. The number of rotatable bonds is 4. The maximum Gasteiger partial charge on any atom is 0.256 e. The second kappa shape index (κ2) is 6.45. The van der Waals surface area contributed by atoms with Gasteiger partial charge >= 0.3 is 0 Å². The number of aromatic nitrogens is 3. The number of pyridine rings is 1. The normalized spacial score (nSPS) is 10.4. The van der Waals surface area contributed by atoms with Crippen molar-refractivity contribution in [2.75, 3.05) is 5.32 Å². The quantitative estimate of drug-likeness (QED) is 0.750. The number of carbonyl (C=O) groups excluding carboxylic acids is 2. The van der Waals surface area contributed by atoms with Crippen LogP contribution in [-0.4, -0.2) is 26.5 Å². The minimum atomic E-state index is -0.276. The lowest BCUT2D eigenvalue weighted by molar-refractivity contribution is 0.100. The van der Waals surface area contributed by atoms with Crippen molar-refractivity contribution in [1.82, 2.24) is 14.8 Å². The summed E-state index contributed by atoms with van der Waals surface area (Å²) in [7, 11) is 0. The number of carbonyl (C=O) groups is 2. The van der Waals surface area contributed by atoms with Gasteiger partial charge < -0.3 is 5.32 Å². The molecule has 0 saturated heterocycles. The first-order valence-electron chi connectivity index (χ1n) is 7.45. The number of nitrogens with zero attached hydrogens (tertiary/aromatic N) is 3. The van der Waals surface area contributed by atoms with E-state index in [0.29, 0.717) is 22.8 Å². The zero-order valence-electron chi connectivity index (χ0n) is 13.4. The Labute approximate surface area is 139 Å². The third kappa shape index (κ3) is 3.22. The van der Waals surface area contributed by atoms with Crippen LogP contribution in [0, 0.1) is 6.92 Å². The number of hydrogen-bond acceptors (Lipinski definition) is 4. The molecule has 0 spiro atoms. The van der Waals surface area contributed by atoms with E-state index in [4.69, 9.17) is 0 Å². The Balaban J connectivity index is 1.86. The average molecular weight is 320 g/mol. The van der Waals surface area contributed by atoms with Crippen molar-refractivity contribution in [3.63, 3.8) is 0 Å². The molecule has 120 valence electrons. The van der Waals surface area contributed by atoms with Crippen LogP contribution in [0.2, 0.25) is 0 Å². The first-order chi connectivity index (χ1) is 11.5. The van der Waals surface area contributed by atoms with Gasteiger partial charge in [0.05, 0.1) is 5.69 Å². The predicted molar refractivity (Wildman–Crippen MR) is 90.5 cm³/mol. The van der Waals surface area contributed by atoms with Gasteiger partial charge in [0.1, 0.15) is 5.82 Å². The van der Waals surface area contributed by atoms with Crippen molar-refractivity contribution in [2.24, 2.45) is 0 Å². The van der Waals surface area contributed by atoms with Crippen LogP contribution in [0.15, 0.2) is 54.7 Å². The number of anilines is 1. The van der Waals surface area contributed by atoms with Gasteiger partial charge in [0.25, 0.3) is 5.91 Å². The fraction of sp³-hybridized carbons (Fsp3) is 0.111. The zero-order valence-corrected chi connectivity index (χ0v) is 13.4. The van der Waals surface area contributed by atoms with Crippen LogP contribution in [0.1, 0.15) is 33.3 Å². The molecular formula is C18H16N4O2. The first-order valence-corrected chi connectivity index (χ1v) is 7.45. The molecule has 1 aromatic carbocycles. The molecule has 24 heavy (non-hydrogen) atoms. The van der Waals surface area contributed by atoms with E-state index in [0.717, 1.165) is 5.69 Å². The minimum absolute atomic E-state index is 0.0363. The molecule has 2 heterocycles. The minimum Gasteiger partial charge on any atom is -0.306 e. The third-order valence-corrected chi connectivity index (χ3v) is 3.49. The number of ketones is 1. The van der Waals surface area contributed by atoms with Gasteiger partial charge in [-0.05, 0) is 38.1 Å². The van der Waals surface area contributed by atoms with Crippen molar-refractivity contribution in [2.45, 2.75) is 13.8 Å². The van der Waals surface area contributed by atoms with Gasteiger partial charge in [0.15, 0.2) is 11.6 Å². The van der Waals surface area contributed by atoms with Crippen LogP contribution >= 0.6 is 0 Å². The van der Waals surface area contributed by atoms with Gasteiger partial charge in [-0.25, -0.2) is 4.98 Å². The summed E-state index contributed by atoms with van der Waals surface area (Å²) in [6.07, 6.45) is 1.67. The molecule has 0 aliphatic rings. The van der Waals surface area contributed by atoms with Crippen molar-refractivity contribution >= 4 is 17.5 Å². The molecule has 0 radical (unpaired) electrons. The molecule has 0 unspecified atom stereocenters. The molecule has 2 aromatic heterocycles. The van der Waals surface area contributed by atoms with Crippen LogP contribution in [-0.2, 0) is 0 Å². The SMILES string of the molecule is CC(=O)c1ccc(C(=O)Nc2cc(C)nn2-c2ccccn2)cc1. The van der Waals surface area contributed by atoms with E-state index in [1.165, 1.54) is 6.92 Å². The lowest BCUT2D eigenvalue weighted by Crippen LogP contribution is -2.15. The Bertz CT molecular complexity index is 883. The molecule has 6 nitrogen and oxygen atoms in total. The number of Topliss-reactive ketones (excluding diaryl/α,β-unsaturated/α-hetero) is 1. The summed E-state index contributed by atoms with van der Waals surface area (Å²) in [6.45, 7) is 3.33. The standard InChI is InChI=1S/C18H16N4O2/c1-12-11-17(22(21-12)16-5-3-4-10-19-16)20-18(24)15-8-6-14(7-9-15)13(2)23/h3-11H,1-2H3,(H,20,24). The summed E-state index contributed by atoms with van der Waals surface area (Å²) >= 11 is 0. The lowest BCUT2D eigenvalue weighted by atomic mass is 10.1. The molecule has 3 aromatic rings. The molecule has 1 N–H and O–H groups in total. The molecule has 0 fully saturated rings. The van der Waals surface area contributed by atoms with E-state index in [9.17, 15) is 9.59 Å². The molecular weight excluding hydrogens is 304 g/mol. The fourth-order valence-electron chi connectivity index (χ4n) is 2.29. The van der Waals surface area contributed by atoms with E-state index in [-0.39, 0.29) is 11.7 Å². The highest BCUT2D eigenvalue weighted by Crippen LogP contribution is 2.16. The number of nitrogens with one attached hydrogen (secondary N) is 1. The Morgan fingerprint density at radius 1 is 1.04 bits per heavy atom. The smallest absolute Gasteiger partial charge is 0.256 e. The van der Waals surface area contributed by atoms with Crippen molar-refractivity contribution < 1.29 is 9.59 Å². The Morgan fingerprint density at radius 2 is 1.75 bits per heavy atom. The van der Waals surface area contributed by atoms with E-state index in [1.54, 1.807) is 41.2 Å². The van der Waals surface area contributed by atoms with E-state index >= 15 is 0 Å². The number of hydrogen-bond donors (Lipinski definition) is 1. The predicted octanol–water partition coefficient (Wildman–Crippen LogP) is 3.03. The lowest BCUT2D eigenvalue weighted by Gasteiger charge is -2.08. The van der Waals surface area contributed by atoms with Gasteiger partial charge in [0, 0.05) is 23.4 Å². The highest BCUT2D eigenvalue weighted by Gasteiger charge is 2.13. The third-order valence-electron chi connectivity index (χ3n) is 3.49. The van der Waals surface area contributed by atoms with E-state index in [2.05, 4.69) is 15.4 Å². The molecule has 0 atom stereocenters. The van der Waals surface area contributed by atoms with Crippen LogP contribution in [0.5, 0.6) is 0 Å². The highest BCUT2D eigenvalue weighted by atomic mass is 16.1. The Morgan fingerprint density at radius 3 is 2.38 bits per heavy atom. The van der Waals surface area contributed by atoms with Gasteiger partial charge in [-0.3, -0.25) is 9.59 Å². The second-order valence-electron chi connectivity index (χ2n) is 5.36. The summed E-state index contributed by atoms with van der Waals surface area (Å²) in [5, 5.41) is 7.19. The molecule has 1 amide bonds. The molecule has 0 bridgehead atoms. The van der Waals surface area contributed by atoms with Crippen LogP contribution in [0.25, 0.3) is 5.82 Å². The molecule has 6 heteroatoms. The number of amides is 1. The maximum absolute atomic E-state index is 12.4. The summed E-state index contributed by atoms with van der Waals surface area (Å²) in [4.78, 5) is 28.0. The molecule has 0 aliphatic heterocycles. The topological polar surface area (TPSA) is 76.9 Å². The van der Waals surface area contributed by atoms with Crippen molar-refractivity contribution in [3.05, 3.63) is 71.5 Å². The van der Waals surface area contributed by atoms with Crippen molar-refractivity contribution in [3.8, 4) is 5.82 Å². The summed E-state index contributed by atoms with van der Waals surface area (Å²) in [5.41, 5.74) is 1.80. The molecule has 3 rings (SSSR count). The Hall–Kier alpha value is -3.28. The van der Waals surface area contributed by atoms with Crippen molar-refractivity contribution in [1.29, 1.82) is 0 Å². The largest absolute Gasteiger partial charge is 0.306 e. The number of aryl methyl sites for hydroxylation is 1. The van der Waals surface area contributed by atoms with Crippen LogP contribution < -0.4 is 5.32 Å². The second-order valence-corrected chi connectivity index (χ2v) is 5.36. The first kappa shape index (κ1) is 15.6. The monoisotopic (exact) mass is 320 g/mol. The molecule has 0 aliphatic carbocycles. The van der Waals surface area contributed by atoms with E-state index < -0.39 is 0 Å². The average Bonchev–Trinajstić information content (AvgIpc) is 2.96. The van der Waals surface area contributed by atoms with Gasteiger partial charge in [-0.15, -0.1) is 0 Å². The molecule has 0 saturated carbocycles. The van der Waals surface area contributed by atoms with Gasteiger partial charge in [0.2, 0.25) is 0 Å². The fourth-order valence-corrected chi connectivity index (χ4v) is 2.29. The summed E-state index contributed by atoms with van der Waals surface area (Å²) in [6, 6.07) is 13.8. The van der Waals surface area contributed by atoms with Crippen LogP contribution in [0.4, 0.5) is 5.82 Å². The highest BCUT2D eigenvalue weighted by molar-refractivity contribution is 6.04. The van der Waals surface area contributed by atoms with E-state index in [1.807, 2.05) is 25.1 Å². The maximum atomic E-state index is 12.4. The van der Waals surface area contributed by atoms with Crippen LogP contribution in [0.3, 0.4) is 0 Å². The van der Waals surface area contributed by atoms with Gasteiger partial charge in [-0.1, -0.05) is 18.2 Å². The summed E-state index contributed by atoms with van der Waals surface area (Å²) in [5.74, 6) is 0.840. The summed E-state index contributed by atoms with van der Waals surface area (Å²) < 4.78 is 1.58. The zero-order chi connectivity index (χ0) is 17.1.